The molecule has 192 valence electrons. The van der Waals surface area contributed by atoms with Gasteiger partial charge in [0.05, 0.1) is 39.0 Å². The lowest BCUT2D eigenvalue weighted by molar-refractivity contribution is -0.384. The van der Waals surface area contributed by atoms with E-state index in [1.807, 2.05) is 0 Å². The largest absolute Gasteiger partial charge is 0.504 e. The fraction of sp³-hybridized carbons (Fsp3) is 0.148. The van der Waals surface area contributed by atoms with Gasteiger partial charge >= 0.3 is 0 Å². The van der Waals surface area contributed by atoms with Crippen molar-refractivity contribution >= 4 is 35.5 Å². The van der Waals surface area contributed by atoms with Gasteiger partial charge in [-0.3, -0.25) is 14.9 Å². The smallest absolute Gasteiger partial charge is 0.269 e. The van der Waals surface area contributed by atoms with Gasteiger partial charge in [-0.2, -0.15) is 0 Å². The van der Waals surface area contributed by atoms with Crippen LogP contribution in [0.1, 0.15) is 16.7 Å². The minimum Gasteiger partial charge on any atom is -0.504 e. The van der Waals surface area contributed by atoms with E-state index < -0.39 is 10.8 Å². The van der Waals surface area contributed by atoms with Crippen molar-refractivity contribution in [3.63, 3.8) is 0 Å². The number of anilines is 1. The van der Waals surface area contributed by atoms with Crippen molar-refractivity contribution < 1.29 is 33.8 Å². The number of aromatic hydroxyl groups is 1. The first kappa shape index (κ1) is 26.6. The van der Waals surface area contributed by atoms with E-state index in [1.165, 1.54) is 70.9 Å². The molecule has 0 fully saturated rings. The molecule has 3 rings (SSSR count). The van der Waals surface area contributed by atoms with Crippen molar-refractivity contribution in [3.05, 3.63) is 81.4 Å². The molecule has 0 saturated heterocycles. The quantitative estimate of drug-likeness (QED) is 0.167. The van der Waals surface area contributed by atoms with E-state index in [9.17, 15) is 20.0 Å². The number of nitro benzene ring substituents is 1. The molecule has 0 aliphatic heterocycles. The highest BCUT2D eigenvalue weighted by Gasteiger charge is 2.16. The maximum atomic E-state index is 12.7. The topological polar surface area (TPSA) is 129 Å². The first-order chi connectivity index (χ1) is 17.8. The predicted octanol–water partition coefficient (Wildman–Crippen LogP) is 5.16. The van der Waals surface area contributed by atoms with E-state index in [1.54, 1.807) is 30.4 Å². The molecule has 0 bridgehead atoms. The van der Waals surface area contributed by atoms with Crippen LogP contribution in [0.3, 0.4) is 0 Å². The summed E-state index contributed by atoms with van der Waals surface area (Å²) in [5.41, 5.74) is 2.10. The van der Waals surface area contributed by atoms with Gasteiger partial charge in [0, 0.05) is 23.8 Å². The van der Waals surface area contributed by atoms with Gasteiger partial charge in [0.2, 0.25) is 11.7 Å². The van der Waals surface area contributed by atoms with Gasteiger partial charge in [-0.05, 0) is 53.6 Å². The molecule has 0 spiro atoms. The Balaban J connectivity index is 1.90. The number of ether oxygens (including phenoxy) is 4. The molecule has 1 amide bonds. The Morgan fingerprint density at radius 2 is 1.46 bits per heavy atom. The van der Waals surface area contributed by atoms with E-state index in [2.05, 4.69) is 5.32 Å². The second kappa shape index (κ2) is 12.1. The summed E-state index contributed by atoms with van der Waals surface area (Å²) in [5.74, 6) is 0.863. The molecule has 0 aromatic heterocycles. The Bertz CT molecular complexity index is 1320. The van der Waals surface area contributed by atoms with Gasteiger partial charge in [-0.15, -0.1) is 0 Å². The summed E-state index contributed by atoms with van der Waals surface area (Å²) >= 11 is 0. The molecular formula is C27H26N2O8. The van der Waals surface area contributed by atoms with Crippen molar-refractivity contribution in [1.82, 2.24) is 0 Å². The maximum Gasteiger partial charge on any atom is 0.269 e. The van der Waals surface area contributed by atoms with E-state index >= 15 is 0 Å². The van der Waals surface area contributed by atoms with Gasteiger partial charge in [0.25, 0.3) is 5.69 Å². The molecule has 0 atom stereocenters. The van der Waals surface area contributed by atoms with Crippen LogP contribution in [0.15, 0.2) is 54.6 Å². The van der Waals surface area contributed by atoms with E-state index in [-0.39, 0.29) is 22.9 Å². The van der Waals surface area contributed by atoms with Crippen molar-refractivity contribution in [2.45, 2.75) is 0 Å². The molecule has 3 aromatic carbocycles. The second-order valence-corrected chi connectivity index (χ2v) is 7.55. The van der Waals surface area contributed by atoms with Crippen LogP contribution in [0.25, 0.3) is 18.2 Å². The number of carbonyl (C=O) groups is 1. The number of phenolic OH excluding ortho intramolecular Hbond substituents is 1. The van der Waals surface area contributed by atoms with Crippen molar-refractivity contribution in [3.8, 4) is 28.7 Å². The van der Waals surface area contributed by atoms with Gasteiger partial charge < -0.3 is 29.4 Å². The second-order valence-electron chi connectivity index (χ2n) is 7.55. The molecule has 0 heterocycles. The number of phenols is 1. The van der Waals surface area contributed by atoms with Crippen LogP contribution in [0.2, 0.25) is 0 Å². The Morgan fingerprint density at radius 1 is 0.838 bits per heavy atom. The van der Waals surface area contributed by atoms with Crippen LogP contribution in [-0.2, 0) is 4.79 Å². The number of non-ortho nitro benzene ring substituents is 1. The zero-order valence-corrected chi connectivity index (χ0v) is 20.7. The van der Waals surface area contributed by atoms with Crippen molar-refractivity contribution in [2.24, 2.45) is 0 Å². The SMILES string of the molecule is COc1cc(/C=C/c2ccc(O)c(OC)c2NC(=O)/C=C/c2ccc([N+](=O)[O-])cc2)cc(OC)c1OC. The third kappa shape index (κ3) is 6.37. The number of nitrogens with one attached hydrogen (secondary N) is 1. The number of amides is 1. The Kier molecular flexibility index (Phi) is 8.71. The van der Waals surface area contributed by atoms with E-state index in [0.29, 0.717) is 28.4 Å². The van der Waals surface area contributed by atoms with Gasteiger partial charge in [0.1, 0.15) is 0 Å². The molecule has 0 aliphatic rings. The standard InChI is InChI=1S/C27H26N2O8/c1-34-22-15-18(16-23(35-2)27(22)37-4)5-9-19-10-13-21(30)26(36-3)25(19)28-24(31)14-8-17-6-11-20(12-7-17)29(32)33/h5-16,30H,1-4H3,(H,28,31)/b9-5+,14-8+. The van der Waals surface area contributed by atoms with Crippen LogP contribution in [-0.4, -0.2) is 44.4 Å². The van der Waals surface area contributed by atoms with Crippen molar-refractivity contribution in [2.75, 3.05) is 33.8 Å². The fourth-order valence-electron chi connectivity index (χ4n) is 3.49. The average Bonchev–Trinajstić information content (AvgIpc) is 2.91. The van der Waals surface area contributed by atoms with Crippen LogP contribution >= 0.6 is 0 Å². The third-order valence-corrected chi connectivity index (χ3v) is 5.29. The summed E-state index contributed by atoms with van der Waals surface area (Å²) in [6.45, 7) is 0. The summed E-state index contributed by atoms with van der Waals surface area (Å²) in [7, 11) is 5.94. The molecule has 0 aliphatic carbocycles. The summed E-state index contributed by atoms with van der Waals surface area (Å²) in [6.07, 6.45) is 6.30. The first-order valence-electron chi connectivity index (χ1n) is 10.9. The molecule has 0 radical (unpaired) electrons. The number of benzene rings is 3. The zero-order chi connectivity index (χ0) is 26.9. The molecule has 2 N–H and O–H groups in total. The summed E-state index contributed by atoms with van der Waals surface area (Å²) in [5, 5.41) is 23.8. The van der Waals surface area contributed by atoms with Crippen molar-refractivity contribution in [1.29, 1.82) is 0 Å². The van der Waals surface area contributed by atoms with E-state index in [0.717, 1.165) is 5.56 Å². The first-order valence-corrected chi connectivity index (χ1v) is 10.9. The lowest BCUT2D eigenvalue weighted by Crippen LogP contribution is -2.10. The normalized spacial score (nSPS) is 10.9. The van der Waals surface area contributed by atoms with E-state index in [4.69, 9.17) is 18.9 Å². The number of carbonyl (C=O) groups excluding carboxylic acids is 1. The maximum absolute atomic E-state index is 12.7. The lowest BCUT2D eigenvalue weighted by Gasteiger charge is -2.14. The number of nitrogens with zero attached hydrogens (tertiary/aromatic N) is 1. The van der Waals surface area contributed by atoms with Gasteiger partial charge in [-0.1, -0.05) is 12.2 Å². The number of methoxy groups -OCH3 is 4. The zero-order valence-electron chi connectivity index (χ0n) is 20.7. The molecule has 0 unspecified atom stereocenters. The predicted molar refractivity (Wildman–Crippen MR) is 140 cm³/mol. The molecule has 10 heteroatoms. The summed E-state index contributed by atoms with van der Waals surface area (Å²) in [6, 6.07) is 12.4. The number of nitro groups is 1. The number of rotatable bonds is 10. The minimum absolute atomic E-state index is 0.0466. The lowest BCUT2D eigenvalue weighted by atomic mass is 10.1. The molecule has 10 nitrogen and oxygen atoms in total. The molecular weight excluding hydrogens is 480 g/mol. The molecule has 37 heavy (non-hydrogen) atoms. The Hall–Kier alpha value is -4.99. The van der Waals surface area contributed by atoms with Crippen LogP contribution in [0.4, 0.5) is 11.4 Å². The van der Waals surface area contributed by atoms with Gasteiger partial charge in [0.15, 0.2) is 23.0 Å². The fourth-order valence-corrected chi connectivity index (χ4v) is 3.49. The highest BCUT2D eigenvalue weighted by Crippen LogP contribution is 2.40. The number of hydrogen-bond acceptors (Lipinski definition) is 8. The van der Waals surface area contributed by atoms with Crippen LogP contribution < -0.4 is 24.3 Å². The summed E-state index contributed by atoms with van der Waals surface area (Å²) in [4.78, 5) is 23.0. The highest BCUT2D eigenvalue weighted by atomic mass is 16.6. The highest BCUT2D eigenvalue weighted by molar-refractivity contribution is 6.04. The summed E-state index contributed by atoms with van der Waals surface area (Å²) < 4.78 is 21.5. The Labute approximate surface area is 213 Å². The van der Waals surface area contributed by atoms with Crippen LogP contribution in [0, 0.1) is 10.1 Å². The molecule has 0 saturated carbocycles. The number of hydrogen-bond donors (Lipinski definition) is 2. The van der Waals surface area contributed by atoms with Crippen LogP contribution in [0.5, 0.6) is 28.7 Å². The molecule has 3 aromatic rings. The Morgan fingerprint density at radius 3 is 2.00 bits per heavy atom. The third-order valence-electron chi connectivity index (χ3n) is 5.29. The van der Waals surface area contributed by atoms with Gasteiger partial charge in [-0.25, -0.2) is 0 Å². The monoisotopic (exact) mass is 506 g/mol. The average molecular weight is 507 g/mol. The minimum atomic E-state index is -0.499.